The number of carbonyl (C=O) groups is 2. The number of nitrogens with one attached hydrogen (secondary N) is 1. The van der Waals surface area contributed by atoms with Gasteiger partial charge < -0.3 is 20.3 Å². The van der Waals surface area contributed by atoms with Crippen molar-refractivity contribution >= 4 is 11.9 Å². The second-order valence-corrected chi connectivity index (χ2v) is 25.3. The van der Waals surface area contributed by atoms with Gasteiger partial charge in [0.2, 0.25) is 5.91 Å². The largest absolute Gasteiger partial charge is 0.466 e. The van der Waals surface area contributed by atoms with Gasteiger partial charge in [0, 0.05) is 12.8 Å². The van der Waals surface area contributed by atoms with Crippen LogP contribution in [-0.4, -0.2) is 47.4 Å². The van der Waals surface area contributed by atoms with E-state index in [4.69, 9.17) is 4.74 Å². The van der Waals surface area contributed by atoms with Gasteiger partial charge in [-0.3, -0.25) is 9.59 Å². The Morgan fingerprint density at radius 1 is 0.333 bits per heavy atom. The molecule has 0 heterocycles. The van der Waals surface area contributed by atoms with Crippen molar-refractivity contribution in [2.24, 2.45) is 0 Å². The number of amides is 1. The number of esters is 1. The van der Waals surface area contributed by atoms with E-state index in [0.29, 0.717) is 19.4 Å². The maximum atomic E-state index is 12.5. The summed E-state index contributed by atoms with van der Waals surface area (Å²) in [4.78, 5) is 24.5. The standard InChI is InChI=1S/C75H143NO5/c1-3-5-7-9-11-13-15-16-17-18-19-20-29-32-35-38-41-44-48-51-55-59-63-67-73(78)72(71-77)76-74(79)68-64-60-56-52-49-45-42-39-36-33-30-27-25-23-21-22-24-26-28-31-34-37-40-43-46-50-54-58-62-66-70-81-75(80)69-65-61-57-53-47-14-12-10-8-6-4-2/h10,12,22,24,63,67,72-73,77-78H,3-9,11,13-21,23,25-62,64-66,68-71H2,1-2H3,(H,76,79)/b12-10-,24-22-,67-63+. The van der Waals surface area contributed by atoms with E-state index in [1.54, 1.807) is 6.08 Å². The number of ether oxygens (including phenoxy) is 1. The molecular formula is C75H143NO5. The van der Waals surface area contributed by atoms with Crippen LogP contribution in [-0.2, 0) is 14.3 Å². The van der Waals surface area contributed by atoms with Crippen LogP contribution in [0.25, 0.3) is 0 Å². The van der Waals surface area contributed by atoms with E-state index in [1.807, 2.05) is 6.08 Å². The van der Waals surface area contributed by atoms with Crippen LogP contribution in [0.4, 0.5) is 0 Å². The van der Waals surface area contributed by atoms with Crippen LogP contribution in [0.15, 0.2) is 36.5 Å². The number of aliphatic hydroxyl groups excluding tert-OH is 2. The molecule has 0 aliphatic heterocycles. The lowest BCUT2D eigenvalue weighted by Crippen LogP contribution is -2.45. The highest BCUT2D eigenvalue weighted by Crippen LogP contribution is 2.19. The number of unbranched alkanes of at least 4 members (excludes halogenated alkanes) is 54. The average molecular weight is 1140 g/mol. The number of hydrogen-bond donors (Lipinski definition) is 3. The molecule has 6 nitrogen and oxygen atoms in total. The van der Waals surface area contributed by atoms with Crippen LogP contribution in [0.3, 0.4) is 0 Å². The van der Waals surface area contributed by atoms with Crippen LogP contribution < -0.4 is 5.32 Å². The third-order valence-electron chi connectivity index (χ3n) is 17.1. The van der Waals surface area contributed by atoms with Gasteiger partial charge in [-0.1, -0.05) is 352 Å². The minimum Gasteiger partial charge on any atom is -0.466 e. The minimum atomic E-state index is -0.845. The Hall–Kier alpha value is -1.92. The fraction of sp³-hybridized carbons (Fsp3) is 0.893. The topological polar surface area (TPSA) is 95.9 Å². The summed E-state index contributed by atoms with van der Waals surface area (Å²) in [6.07, 6.45) is 91.0. The lowest BCUT2D eigenvalue weighted by Gasteiger charge is -2.20. The van der Waals surface area contributed by atoms with Gasteiger partial charge in [0.15, 0.2) is 0 Å². The van der Waals surface area contributed by atoms with Crippen molar-refractivity contribution in [3.05, 3.63) is 36.5 Å². The summed E-state index contributed by atoms with van der Waals surface area (Å²) in [7, 11) is 0. The second-order valence-electron chi connectivity index (χ2n) is 25.3. The third-order valence-corrected chi connectivity index (χ3v) is 17.1. The van der Waals surface area contributed by atoms with Gasteiger partial charge in [0.1, 0.15) is 0 Å². The second kappa shape index (κ2) is 70.6. The van der Waals surface area contributed by atoms with E-state index in [1.165, 1.54) is 334 Å². The summed E-state index contributed by atoms with van der Waals surface area (Å²) in [5.74, 6) is -0.0562. The van der Waals surface area contributed by atoms with Gasteiger partial charge >= 0.3 is 5.97 Å². The first kappa shape index (κ1) is 79.1. The van der Waals surface area contributed by atoms with Crippen LogP contribution in [0.5, 0.6) is 0 Å². The van der Waals surface area contributed by atoms with Crippen LogP contribution in [0.1, 0.15) is 406 Å². The van der Waals surface area contributed by atoms with Crippen molar-refractivity contribution < 1.29 is 24.5 Å². The third kappa shape index (κ3) is 67.1. The predicted molar refractivity (Wildman–Crippen MR) is 356 cm³/mol. The molecule has 0 saturated carbocycles. The zero-order valence-corrected chi connectivity index (χ0v) is 54.8. The molecular weight excluding hydrogens is 995 g/mol. The molecule has 2 atom stereocenters. The maximum Gasteiger partial charge on any atom is 0.305 e. The highest BCUT2D eigenvalue weighted by molar-refractivity contribution is 5.76. The molecule has 478 valence electrons. The monoisotopic (exact) mass is 1140 g/mol. The summed E-state index contributed by atoms with van der Waals surface area (Å²) in [6, 6.07) is -0.628. The molecule has 0 spiro atoms. The summed E-state index contributed by atoms with van der Waals surface area (Å²) in [5.41, 5.74) is 0. The summed E-state index contributed by atoms with van der Waals surface area (Å²) in [5, 5.41) is 23.3. The predicted octanol–water partition coefficient (Wildman–Crippen LogP) is 23.9. The molecule has 0 bridgehead atoms. The molecule has 0 fully saturated rings. The SMILES string of the molecule is CCCC/C=C\CCCCCCCC(=O)OCCCCCCCCCCCCCC/C=C\CCCCCCCCCCCCCCCCC(=O)NC(CO)C(O)/C=C/CCCCCCCCCCCCCCCCCCCCCCC. The molecule has 0 aliphatic rings. The van der Waals surface area contributed by atoms with Crippen molar-refractivity contribution in [2.45, 2.75) is 418 Å². The average Bonchev–Trinajstić information content (AvgIpc) is 3.47. The summed E-state index contributed by atoms with van der Waals surface area (Å²) < 4.78 is 5.47. The van der Waals surface area contributed by atoms with Crippen molar-refractivity contribution in [3.63, 3.8) is 0 Å². The Bertz CT molecular complexity index is 1310. The van der Waals surface area contributed by atoms with E-state index in [-0.39, 0.29) is 18.5 Å². The number of carbonyl (C=O) groups excluding carboxylic acids is 2. The first-order valence-electron chi connectivity index (χ1n) is 36.8. The lowest BCUT2D eigenvalue weighted by molar-refractivity contribution is -0.143. The first-order chi connectivity index (χ1) is 40.0. The highest BCUT2D eigenvalue weighted by Gasteiger charge is 2.18. The van der Waals surface area contributed by atoms with Crippen molar-refractivity contribution in [2.75, 3.05) is 13.2 Å². The van der Waals surface area contributed by atoms with Gasteiger partial charge in [-0.25, -0.2) is 0 Å². The quantitative estimate of drug-likeness (QED) is 0.0320. The van der Waals surface area contributed by atoms with E-state index in [2.05, 4.69) is 43.5 Å². The number of rotatable bonds is 69. The van der Waals surface area contributed by atoms with Gasteiger partial charge in [0.05, 0.1) is 25.4 Å². The molecule has 0 aromatic rings. The fourth-order valence-corrected chi connectivity index (χ4v) is 11.5. The molecule has 0 radical (unpaired) electrons. The van der Waals surface area contributed by atoms with Gasteiger partial charge in [-0.2, -0.15) is 0 Å². The number of aliphatic hydroxyl groups is 2. The van der Waals surface area contributed by atoms with E-state index in [0.717, 1.165) is 44.9 Å². The van der Waals surface area contributed by atoms with E-state index >= 15 is 0 Å². The molecule has 1 amide bonds. The molecule has 0 saturated heterocycles. The smallest absolute Gasteiger partial charge is 0.305 e. The van der Waals surface area contributed by atoms with Crippen LogP contribution in [0.2, 0.25) is 0 Å². The Labute approximate surface area is 506 Å². The molecule has 81 heavy (non-hydrogen) atoms. The highest BCUT2D eigenvalue weighted by atomic mass is 16.5. The zero-order chi connectivity index (χ0) is 58.5. The molecule has 2 unspecified atom stereocenters. The van der Waals surface area contributed by atoms with Gasteiger partial charge in [-0.05, 0) is 77.0 Å². The molecule has 6 heteroatoms. The Balaban J connectivity index is 3.40. The number of hydrogen-bond acceptors (Lipinski definition) is 5. The van der Waals surface area contributed by atoms with E-state index in [9.17, 15) is 19.8 Å². The summed E-state index contributed by atoms with van der Waals surface area (Å²) in [6.45, 7) is 4.90. The van der Waals surface area contributed by atoms with E-state index < -0.39 is 12.1 Å². The van der Waals surface area contributed by atoms with Crippen LogP contribution in [0, 0.1) is 0 Å². The Kier molecular flexibility index (Phi) is 68.9. The molecule has 0 aromatic carbocycles. The normalized spacial score (nSPS) is 12.7. The van der Waals surface area contributed by atoms with Crippen molar-refractivity contribution in [1.29, 1.82) is 0 Å². The zero-order valence-electron chi connectivity index (χ0n) is 54.8. The van der Waals surface area contributed by atoms with Gasteiger partial charge in [0.25, 0.3) is 0 Å². The molecule has 0 aromatic heterocycles. The molecule has 0 rings (SSSR count). The Morgan fingerprint density at radius 3 is 0.914 bits per heavy atom. The maximum absolute atomic E-state index is 12.5. The molecule has 0 aliphatic carbocycles. The van der Waals surface area contributed by atoms with Crippen LogP contribution >= 0.6 is 0 Å². The first-order valence-corrected chi connectivity index (χ1v) is 36.8. The number of allylic oxidation sites excluding steroid dienone is 5. The van der Waals surface area contributed by atoms with Crippen molar-refractivity contribution in [3.8, 4) is 0 Å². The summed E-state index contributed by atoms with van der Waals surface area (Å²) >= 11 is 0. The fourth-order valence-electron chi connectivity index (χ4n) is 11.5. The lowest BCUT2D eigenvalue weighted by atomic mass is 10.0. The minimum absolute atomic E-state index is 0.00606. The van der Waals surface area contributed by atoms with Gasteiger partial charge in [-0.15, -0.1) is 0 Å². The Morgan fingerprint density at radius 2 is 0.593 bits per heavy atom. The van der Waals surface area contributed by atoms with Crippen molar-refractivity contribution in [1.82, 2.24) is 5.32 Å². The molecule has 3 N–H and O–H groups in total.